The van der Waals surface area contributed by atoms with E-state index in [-0.39, 0.29) is 5.92 Å². The summed E-state index contributed by atoms with van der Waals surface area (Å²) >= 11 is 3.73. The molecule has 3 heteroatoms. The molecule has 2 aromatic carbocycles. The first-order valence-corrected chi connectivity index (χ1v) is 7.89. The number of rotatable bonds is 2. The SMILES string of the molecule is COc1cccc(C2COc3c(C)c(C)c(Br)c(C)c32)c1. The molecule has 1 aliphatic rings. The fourth-order valence-electron chi connectivity index (χ4n) is 3.08. The van der Waals surface area contributed by atoms with Crippen LogP contribution in [0.3, 0.4) is 0 Å². The third kappa shape index (κ3) is 2.24. The first-order chi connectivity index (χ1) is 10.0. The molecule has 1 atom stereocenters. The first kappa shape index (κ1) is 14.5. The van der Waals surface area contributed by atoms with Gasteiger partial charge in [-0.1, -0.05) is 28.1 Å². The van der Waals surface area contributed by atoms with Gasteiger partial charge in [0.05, 0.1) is 13.7 Å². The van der Waals surface area contributed by atoms with E-state index in [1.54, 1.807) is 7.11 Å². The highest BCUT2D eigenvalue weighted by Gasteiger charge is 2.31. The minimum absolute atomic E-state index is 0.269. The number of fused-ring (bicyclic) bond motifs is 1. The van der Waals surface area contributed by atoms with E-state index in [1.807, 2.05) is 12.1 Å². The van der Waals surface area contributed by atoms with Gasteiger partial charge in [-0.15, -0.1) is 0 Å². The van der Waals surface area contributed by atoms with Gasteiger partial charge in [-0.3, -0.25) is 0 Å². The van der Waals surface area contributed by atoms with E-state index in [2.05, 4.69) is 48.8 Å². The molecule has 0 N–H and O–H groups in total. The molecule has 0 fully saturated rings. The zero-order chi connectivity index (χ0) is 15.1. The van der Waals surface area contributed by atoms with Gasteiger partial charge in [-0.2, -0.15) is 0 Å². The Balaban J connectivity index is 2.16. The summed E-state index contributed by atoms with van der Waals surface area (Å²) in [6, 6.07) is 8.26. The first-order valence-electron chi connectivity index (χ1n) is 7.10. The number of hydrogen-bond acceptors (Lipinski definition) is 2. The average molecular weight is 347 g/mol. The lowest BCUT2D eigenvalue weighted by molar-refractivity contribution is 0.340. The van der Waals surface area contributed by atoms with Crippen molar-refractivity contribution in [3.63, 3.8) is 0 Å². The van der Waals surface area contributed by atoms with Crippen LogP contribution in [0, 0.1) is 20.8 Å². The Morgan fingerprint density at radius 1 is 1.14 bits per heavy atom. The second-order valence-corrected chi connectivity index (χ2v) is 6.36. The molecular formula is C18H19BrO2. The van der Waals surface area contributed by atoms with Gasteiger partial charge in [-0.25, -0.2) is 0 Å². The van der Waals surface area contributed by atoms with Gasteiger partial charge in [0.15, 0.2) is 0 Å². The standard InChI is InChI=1S/C18H19BrO2/c1-10-11(2)18-16(12(3)17(10)19)15(9-21-18)13-6-5-7-14(8-13)20-4/h5-8,15H,9H2,1-4H3. The minimum atomic E-state index is 0.269. The van der Waals surface area contributed by atoms with Gasteiger partial charge in [0.25, 0.3) is 0 Å². The molecule has 0 aromatic heterocycles. The molecule has 0 aliphatic carbocycles. The molecular weight excluding hydrogens is 328 g/mol. The summed E-state index contributed by atoms with van der Waals surface area (Å²) in [4.78, 5) is 0. The Hall–Kier alpha value is -1.48. The fourth-order valence-corrected chi connectivity index (χ4v) is 3.59. The number of methoxy groups -OCH3 is 1. The maximum Gasteiger partial charge on any atom is 0.126 e. The van der Waals surface area contributed by atoms with Crippen LogP contribution in [-0.4, -0.2) is 13.7 Å². The Morgan fingerprint density at radius 2 is 1.90 bits per heavy atom. The lowest BCUT2D eigenvalue weighted by Gasteiger charge is -2.16. The maximum atomic E-state index is 6.02. The topological polar surface area (TPSA) is 18.5 Å². The predicted octanol–water partition coefficient (Wildman–Crippen LogP) is 4.91. The second kappa shape index (κ2) is 5.38. The van der Waals surface area contributed by atoms with Gasteiger partial charge in [-0.05, 0) is 55.2 Å². The van der Waals surface area contributed by atoms with E-state index in [0.717, 1.165) is 11.5 Å². The van der Waals surface area contributed by atoms with E-state index in [1.165, 1.54) is 32.3 Å². The lowest BCUT2D eigenvalue weighted by atomic mass is 9.87. The van der Waals surface area contributed by atoms with Crippen LogP contribution in [0.15, 0.2) is 28.7 Å². The van der Waals surface area contributed by atoms with Crippen LogP contribution >= 0.6 is 15.9 Å². The number of hydrogen-bond donors (Lipinski definition) is 0. The van der Waals surface area contributed by atoms with Crippen molar-refractivity contribution < 1.29 is 9.47 Å². The van der Waals surface area contributed by atoms with Crippen LogP contribution in [0.1, 0.15) is 33.7 Å². The Kier molecular flexibility index (Phi) is 3.70. The quantitative estimate of drug-likeness (QED) is 0.769. The molecule has 0 amide bonds. The highest BCUT2D eigenvalue weighted by molar-refractivity contribution is 9.10. The van der Waals surface area contributed by atoms with Gasteiger partial charge >= 0.3 is 0 Å². The van der Waals surface area contributed by atoms with Gasteiger partial charge in [0.1, 0.15) is 11.5 Å². The molecule has 0 radical (unpaired) electrons. The Bertz CT molecular complexity index is 707. The van der Waals surface area contributed by atoms with Crippen molar-refractivity contribution in [1.29, 1.82) is 0 Å². The summed E-state index contributed by atoms with van der Waals surface area (Å²) in [6.45, 7) is 7.12. The smallest absolute Gasteiger partial charge is 0.126 e. The van der Waals surface area contributed by atoms with E-state index >= 15 is 0 Å². The highest BCUT2D eigenvalue weighted by atomic mass is 79.9. The van der Waals surface area contributed by atoms with Crippen molar-refractivity contribution in [1.82, 2.24) is 0 Å². The van der Waals surface area contributed by atoms with Crippen LogP contribution in [0.5, 0.6) is 11.5 Å². The van der Waals surface area contributed by atoms with E-state index < -0.39 is 0 Å². The van der Waals surface area contributed by atoms with Crippen LogP contribution < -0.4 is 9.47 Å². The third-order valence-corrected chi connectivity index (χ3v) is 5.64. The molecule has 1 unspecified atom stereocenters. The summed E-state index contributed by atoms with van der Waals surface area (Å²) in [5.74, 6) is 2.22. The molecule has 1 heterocycles. The molecule has 0 spiro atoms. The zero-order valence-corrected chi connectivity index (χ0v) is 14.4. The van der Waals surface area contributed by atoms with Crippen LogP contribution in [0.25, 0.3) is 0 Å². The molecule has 2 aromatic rings. The summed E-state index contributed by atoms with van der Waals surface area (Å²) in [5.41, 5.74) is 6.31. The van der Waals surface area contributed by atoms with Crippen molar-refractivity contribution in [2.75, 3.05) is 13.7 Å². The minimum Gasteiger partial charge on any atom is -0.497 e. The van der Waals surface area contributed by atoms with Crippen molar-refractivity contribution in [2.45, 2.75) is 26.7 Å². The van der Waals surface area contributed by atoms with E-state index in [0.29, 0.717) is 6.61 Å². The molecule has 1 aliphatic heterocycles. The van der Waals surface area contributed by atoms with E-state index in [4.69, 9.17) is 9.47 Å². The average Bonchev–Trinajstić information content (AvgIpc) is 2.96. The predicted molar refractivity (Wildman–Crippen MR) is 88.7 cm³/mol. The van der Waals surface area contributed by atoms with Crippen LogP contribution in [-0.2, 0) is 0 Å². The van der Waals surface area contributed by atoms with Gasteiger partial charge < -0.3 is 9.47 Å². The number of benzene rings is 2. The van der Waals surface area contributed by atoms with Crippen LogP contribution in [0.2, 0.25) is 0 Å². The van der Waals surface area contributed by atoms with Crippen molar-refractivity contribution in [3.8, 4) is 11.5 Å². The normalized spacial score (nSPS) is 16.5. The van der Waals surface area contributed by atoms with Crippen LogP contribution in [0.4, 0.5) is 0 Å². The molecule has 0 saturated heterocycles. The summed E-state index contributed by atoms with van der Waals surface area (Å²) in [5, 5.41) is 0. The molecule has 110 valence electrons. The van der Waals surface area contributed by atoms with Crippen molar-refractivity contribution in [2.24, 2.45) is 0 Å². The summed E-state index contributed by atoms with van der Waals surface area (Å²) in [7, 11) is 1.70. The maximum absolute atomic E-state index is 6.02. The molecule has 3 rings (SSSR count). The molecule has 0 saturated carbocycles. The zero-order valence-electron chi connectivity index (χ0n) is 12.8. The Morgan fingerprint density at radius 3 is 2.62 bits per heavy atom. The molecule has 2 nitrogen and oxygen atoms in total. The summed E-state index contributed by atoms with van der Waals surface area (Å²) < 4.78 is 12.6. The third-order valence-electron chi connectivity index (χ3n) is 4.45. The lowest BCUT2D eigenvalue weighted by Crippen LogP contribution is -2.04. The molecule has 21 heavy (non-hydrogen) atoms. The Labute approximate surface area is 134 Å². The molecule has 0 bridgehead atoms. The van der Waals surface area contributed by atoms with E-state index in [9.17, 15) is 0 Å². The monoisotopic (exact) mass is 346 g/mol. The van der Waals surface area contributed by atoms with Crippen molar-refractivity contribution >= 4 is 15.9 Å². The van der Waals surface area contributed by atoms with Gasteiger partial charge in [0.2, 0.25) is 0 Å². The largest absolute Gasteiger partial charge is 0.497 e. The summed E-state index contributed by atoms with van der Waals surface area (Å²) in [6.07, 6.45) is 0. The highest BCUT2D eigenvalue weighted by Crippen LogP contribution is 2.46. The number of ether oxygens (including phenoxy) is 2. The van der Waals surface area contributed by atoms with Crippen molar-refractivity contribution in [3.05, 3.63) is 56.6 Å². The fraction of sp³-hybridized carbons (Fsp3) is 0.333. The van der Waals surface area contributed by atoms with Gasteiger partial charge in [0, 0.05) is 16.0 Å². The number of halogens is 1. The second-order valence-electron chi connectivity index (χ2n) is 5.57.